The van der Waals surface area contributed by atoms with Crippen molar-refractivity contribution in [1.29, 1.82) is 0 Å². The number of piperazine rings is 1. The van der Waals surface area contributed by atoms with Crippen molar-refractivity contribution in [3.8, 4) is 0 Å². The summed E-state index contributed by atoms with van der Waals surface area (Å²) in [5.41, 5.74) is 0.541. The van der Waals surface area contributed by atoms with Crippen molar-refractivity contribution in [1.82, 2.24) is 19.3 Å². The zero-order chi connectivity index (χ0) is 17.1. The zero-order valence-electron chi connectivity index (χ0n) is 14.1. The fraction of sp³-hybridized carbons (Fsp3) is 0.588. The number of carbonyl (C=O) groups excluding carboxylic acids is 3. The van der Waals surface area contributed by atoms with E-state index in [1.807, 2.05) is 4.90 Å². The number of amides is 3. The van der Waals surface area contributed by atoms with Crippen LogP contribution in [0.3, 0.4) is 0 Å². The average molecular weight is 332 g/mol. The van der Waals surface area contributed by atoms with Crippen LogP contribution in [0.4, 0.5) is 0 Å². The molecule has 24 heavy (non-hydrogen) atoms. The molecule has 3 heterocycles. The van der Waals surface area contributed by atoms with Crippen LogP contribution in [0.1, 0.15) is 30.3 Å². The summed E-state index contributed by atoms with van der Waals surface area (Å²) in [5.74, 6) is 0.0401. The number of hydrogen-bond donors (Lipinski definition) is 0. The molecule has 2 aliphatic heterocycles. The van der Waals surface area contributed by atoms with E-state index >= 15 is 0 Å². The Morgan fingerprint density at radius 2 is 1.54 bits per heavy atom. The smallest absolute Gasteiger partial charge is 0.270 e. The van der Waals surface area contributed by atoms with Crippen LogP contribution in [0.25, 0.3) is 0 Å². The molecule has 0 N–H and O–H groups in total. The number of nitrogens with zero attached hydrogens (tertiary/aromatic N) is 4. The summed E-state index contributed by atoms with van der Waals surface area (Å²) in [6, 6.07) is 3.56. The molecular formula is C17H24N4O3. The fourth-order valence-corrected chi connectivity index (χ4v) is 3.34. The average Bonchev–Trinajstić information content (AvgIpc) is 3.26. The number of hydrogen-bond acceptors (Lipinski definition) is 3. The summed E-state index contributed by atoms with van der Waals surface area (Å²) in [6.07, 6.45) is 3.90. The molecule has 0 spiro atoms. The first kappa shape index (κ1) is 16.5. The predicted molar refractivity (Wildman–Crippen MR) is 88.4 cm³/mol. The first-order valence-electron chi connectivity index (χ1n) is 8.54. The van der Waals surface area contributed by atoms with Gasteiger partial charge in [-0.05, 0) is 25.0 Å². The van der Waals surface area contributed by atoms with Crippen LogP contribution in [0, 0.1) is 0 Å². The standard InChI is InChI=1S/C17H24N4O3/c1-14(22)18-9-11-20(12-10-18)17(24)15-5-4-8-21(15)13-16(23)19-6-2-3-7-19/h4-5,8H,2-3,6-7,9-13H2,1H3. The van der Waals surface area contributed by atoms with E-state index in [4.69, 9.17) is 0 Å². The van der Waals surface area contributed by atoms with Crippen LogP contribution in [-0.4, -0.2) is 76.3 Å². The molecule has 0 atom stereocenters. The molecule has 1 aromatic heterocycles. The van der Waals surface area contributed by atoms with Gasteiger partial charge in [-0.2, -0.15) is 0 Å². The highest BCUT2D eigenvalue weighted by Gasteiger charge is 2.26. The highest BCUT2D eigenvalue weighted by molar-refractivity contribution is 5.93. The Kier molecular flexibility index (Phi) is 4.87. The predicted octanol–water partition coefficient (Wildman–Crippen LogP) is 0.415. The quantitative estimate of drug-likeness (QED) is 0.805. The Morgan fingerprint density at radius 1 is 0.917 bits per heavy atom. The lowest BCUT2D eigenvalue weighted by Gasteiger charge is -2.34. The molecule has 130 valence electrons. The maximum absolute atomic E-state index is 12.7. The van der Waals surface area contributed by atoms with Crippen molar-refractivity contribution in [2.75, 3.05) is 39.3 Å². The second-order valence-corrected chi connectivity index (χ2v) is 6.41. The topological polar surface area (TPSA) is 65.9 Å². The number of likely N-dealkylation sites (tertiary alicyclic amines) is 1. The lowest BCUT2D eigenvalue weighted by atomic mass is 10.2. The molecular weight excluding hydrogens is 308 g/mol. The SMILES string of the molecule is CC(=O)N1CCN(C(=O)c2cccn2CC(=O)N2CCCC2)CC1. The molecule has 3 amide bonds. The molecule has 0 radical (unpaired) electrons. The van der Waals surface area contributed by atoms with E-state index in [9.17, 15) is 14.4 Å². The van der Waals surface area contributed by atoms with Crippen LogP contribution in [0.15, 0.2) is 18.3 Å². The Labute approximate surface area is 141 Å². The van der Waals surface area contributed by atoms with E-state index < -0.39 is 0 Å². The zero-order valence-corrected chi connectivity index (χ0v) is 14.1. The molecule has 0 bridgehead atoms. The minimum atomic E-state index is -0.0718. The van der Waals surface area contributed by atoms with Gasteiger partial charge in [0.25, 0.3) is 5.91 Å². The third-order valence-electron chi connectivity index (χ3n) is 4.83. The van der Waals surface area contributed by atoms with Crippen molar-refractivity contribution in [3.63, 3.8) is 0 Å². The van der Waals surface area contributed by atoms with Gasteiger partial charge in [0.2, 0.25) is 11.8 Å². The van der Waals surface area contributed by atoms with Crippen molar-refractivity contribution in [2.24, 2.45) is 0 Å². The van der Waals surface area contributed by atoms with Gasteiger partial charge in [0.1, 0.15) is 12.2 Å². The van der Waals surface area contributed by atoms with E-state index in [0.717, 1.165) is 25.9 Å². The third-order valence-corrected chi connectivity index (χ3v) is 4.83. The van der Waals surface area contributed by atoms with Crippen LogP contribution in [0.2, 0.25) is 0 Å². The van der Waals surface area contributed by atoms with Crippen molar-refractivity contribution in [2.45, 2.75) is 26.3 Å². The second-order valence-electron chi connectivity index (χ2n) is 6.41. The van der Waals surface area contributed by atoms with E-state index in [1.54, 1.807) is 39.6 Å². The monoisotopic (exact) mass is 332 g/mol. The first-order valence-corrected chi connectivity index (χ1v) is 8.54. The third kappa shape index (κ3) is 3.44. The lowest BCUT2D eigenvalue weighted by Crippen LogP contribution is -2.50. The molecule has 3 rings (SSSR count). The minimum absolute atomic E-state index is 0.0432. The van der Waals surface area contributed by atoms with E-state index in [2.05, 4.69) is 0 Å². The normalized spacial score (nSPS) is 18.1. The van der Waals surface area contributed by atoms with Gasteiger partial charge in [-0.1, -0.05) is 0 Å². The second kappa shape index (κ2) is 7.07. The van der Waals surface area contributed by atoms with Crippen molar-refractivity contribution >= 4 is 17.7 Å². The maximum Gasteiger partial charge on any atom is 0.270 e. The molecule has 0 saturated carbocycles. The Balaban J connectivity index is 1.63. The fourth-order valence-electron chi connectivity index (χ4n) is 3.34. The summed E-state index contributed by atoms with van der Waals surface area (Å²) in [7, 11) is 0. The van der Waals surface area contributed by atoms with Gasteiger partial charge >= 0.3 is 0 Å². The van der Waals surface area contributed by atoms with Gasteiger partial charge < -0.3 is 19.3 Å². The molecule has 7 nitrogen and oxygen atoms in total. The van der Waals surface area contributed by atoms with Crippen LogP contribution in [-0.2, 0) is 16.1 Å². The Hall–Kier alpha value is -2.31. The summed E-state index contributed by atoms with van der Waals surface area (Å²) in [6.45, 7) is 5.58. The minimum Gasteiger partial charge on any atom is -0.341 e. The number of rotatable bonds is 3. The molecule has 2 saturated heterocycles. The molecule has 0 aliphatic carbocycles. The number of aromatic nitrogens is 1. The van der Waals surface area contributed by atoms with Gasteiger partial charge in [-0.3, -0.25) is 14.4 Å². The molecule has 7 heteroatoms. The van der Waals surface area contributed by atoms with E-state index in [-0.39, 0.29) is 24.3 Å². The van der Waals surface area contributed by atoms with Gasteiger partial charge in [0, 0.05) is 52.4 Å². The Morgan fingerprint density at radius 3 is 2.17 bits per heavy atom. The van der Waals surface area contributed by atoms with Gasteiger partial charge in [-0.25, -0.2) is 0 Å². The first-order chi connectivity index (χ1) is 11.6. The van der Waals surface area contributed by atoms with Crippen molar-refractivity contribution < 1.29 is 14.4 Å². The van der Waals surface area contributed by atoms with Crippen molar-refractivity contribution in [3.05, 3.63) is 24.0 Å². The highest BCUT2D eigenvalue weighted by Crippen LogP contribution is 2.13. The molecule has 0 unspecified atom stereocenters. The van der Waals surface area contributed by atoms with Crippen LogP contribution < -0.4 is 0 Å². The summed E-state index contributed by atoms with van der Waals surface area (Å²) >= 11 is 0. The van der Waals surface area contributed by atoms with E-state index in [1.165, 1.54) is 0 Å². The maximum atomic E-state index is 12.7. The molecule has 2 fully saturated rings. The summed E-state index contributed by atoms with van der Waals surface area (Å²) in [4.78, 5) is 41.8. The summed E-state index contributed by atoms with van der Waals surface area (Å²) in [5, 5.41) is 0. The van der Waals surface area contributed by atoms with Gasteiger partial charge in [0.05, 0.1) is 0 Å². The van der Waals surface area contributed by atoms with Gasteiger partial charge in [-0.15, -0.1) is 0 Å². The number of carbonyl (C=O) groups is 3. The Bertz CT molecular complexity index is 626. The van der Waals surface area contributed by atoms with Crippen LogP contribution >= 0.6 is 0 Å². The molecule has 0 aromatic carbocycles. The lowest BCUT2D eigenvalue weighted by molar-refractivity contribution is -0.131. The molecule has 2 aliphatic rings. The highest BCUT2D eigenvalue weighted by atomic mass is 16.2. The molecule has 1 aromatic rings. The van der Waals surface area contributed by atoms with Crippen LogP contribution in [0.5, 0.6) is 0 Å². The van der Waals surface area contributed by atoms with Gasteiger partial charge in [0.15, 0.2) is 0 Å². The van der Waals surface area contributed by atoms with E-state index in [0.29, 0.717) is 31.9 Å². The largest absolute Gasteiger partial charge is 0.341 e. The summed E-state index contributed by atoms with van der Waals surface area (Å²) < 4.78 is 1.74.